The van der Waals surface area contributed by atoms with Crippen molar-refractivity contribution in [3.8, 4) is 5.75 Å². The van der Waals surface area contributed by atoms with Gasteiger partial charge in [0.1, 0.15) is 38.5 Å². The second-order valence-corrected chi connectivity index (χ2v) is 6.92. The van der Waals surface area contributed by atoms with E-state index >= 15 is 0 Å². The molecule has 9 nitrogen and oxygen atoms in total. The number of hydrogen-bond acceptors (Lipinski definition) is 7. The molecule has 1 aromatic carbocycles. The molecule has 150 valence electrons. The fourth-order valence-electron chi connectivity index (χ4n) is 3.49. The molecule has 3 aromatic rings. The standard InChI is InChI=1S/C20H24N8O/c1-29-16-7-3-2-6-15(16)23-20-25-17(24-19(21)26-20)14-27-10-12-28(13-11-27)18-8-4-5-9-22-18/h2-9H,10-14H2,1H3,(H3,21,23,24,25,26)/p+2. The number of piperazine rings is 1. The first-order valence-corrected chi connectivity index (χ1v) is 9.67. The highest BCUT2D eigenvalue weighted by atomic mass is 16.5. The first-order valence-electron chi connectivity index (χ1n) is 9.67. The van der Waals surface area contributed by atoms with E-state index in [2.05, 4.69) is 42.3 Å². The fraction of sp³-hybridized carbons (Fsp3) is 0.300. The first kappa shape index (κ1) is 18.9. The van der Waals surface area contributed by atoms with Gasteiger partial charge in [0.2, 0.25) is 11.9 Å². The molecule has 0 radical (unpaired) electrons. The third-order valence-corrected chi connectivity index (χ3v) is 4.96. The number of benzene rings is 1. The predicted octanol–water partition coefficient (Wildman–Crippen LogP) is -0.0748. The van der Waals surface area contributed by atoms with Crippen LogP contribution in [-0.4, -0.2) is 48.2 Å². The molecule has 1 aliphatic heterocycles. The highest BCUT2D eigenvalue weighted by Gasteiger charge is 2.26. The number of nitrogens with zero attached hydrogens (tertiary/aromatic N) is 4. The van der Waals surface area contributed by atoms with E-state index in [-0.39, 0.29) is 5.95 Å². The molecule has 0 amide bonds. The summed E-state index contributed by atoms with van der Waals surface area (Å²) < 4.78 is 5.37. The summed E-state index contributed by atoms with van der Waals surface area (Å²) in [6, 6.07) is 13.8. The quantitative estimate of drug-likeness (QED) is 0.537. The van der Waals surface area contributed by atoms with E-state index in [0.29, 0.717) is 24.1 Å². The summed E-state index contributed by atoms with van der Waals surface area (Å²) >= 11 is 0. The maximum absolute atomic E-state index is 5.93. The number of ether oxygens (including phenoxy) is 1. The van der Waals surface area contributed by atoms with E-state index in [9.17, 15) is 0 Å². The van der Waals surface area contributed by atoms with Crippen molar-refractivity contribution in [2.45, 2.75) is 6.54 Å². The molecular formula is C20H26N8O+2. The Morgan fingerprint density at radius 3 is 2.66 bits per heavy atom. The minimum atomic E-state index is 0.212. The third kappa shape index (κ3) is 4.69. The Morgan fingerprint density at radius 1 is 1.10 bits per heavy atom. The zero-order chi connectivity index (χ0) is 20.1. The number of hydrogen-bond donors (Lipinski definition) is 3. The van der Waals surface area contributed by atoms with Crippen LogP contribution in [0, 0.1) is 0 Å². The molecule has 5 N–H and O–H groups in total. The van der Waals surface area contributed by atoms with Crippen LogP contribution in [0.2, 0.25) is 0 Å². The molecule has 0 atom stereocenters. The molecule has 1 saturated heterocycles. The number of nitrogen functional groups attached to an aromatic ring is 1. The van der Waals surface area contributed by atoms with E-state index in [0.717, 1.165) is 37.7 Å². The predicted molar refractivity (Wildman–Crippen MR) is 110 cm³/mol. The lowest BCUT2D eigenvalue weighted by molar-refractivity contribution is -0.915. The van der Waals surface area contributed by atoms with Crippen LogP contribution < -0.4 is 30.6 Å². The number of para-hydroxylation sites is 2. The first-order chi connectivity index (χ1) is 14.2. The fourth-order valence-corrected chi connectivity index (χ4v) is 3.49. The molecule has 1 aliphatic rings. The van der Waals surface area contributed by atoms with Crippen LogP contribution in [0.1, 0.15) is 5.82 Å². The maximum Gasteiger partial charge on any atom is 0.274 e. The summed E-state index contributed by atoms with van der Waals surface area (Å²) in [4.78, 5) is 20.2. The molecule has 0 bridgehead atoms. The van der Waals surface area contributed by atoms with Crippen molar-refractivity contribution < 1.29 is 14.6 Å². The van der Waals surface area contributed by atoms with Crippen LogP contribution in [0.5, 0.6) is 5.75 Å². The van der Waals surface area contributed by atoms with Crippen molar-refractivity contribution in [3.63, 3.8) is 0 Å². The van der Waals surface area contributed by atoms with Crippen molar-refractivity contribution in [3.05, 3.63) is 54.5 Å². The lowest BCUT2D eigenvalue weighted by Crippen LogP contribution is -3.13. The van der Waals surface area contributed by atoms with Crippen LogP contribution in [0.3, 0.4) is 0 Å². The number of nitrogens with two attached hydrogens (primary N) is 1. The van der Waals surface area contributed by atoms with Gasteiger partial charge >= 0.3 is 0 Å². The highest BCUT2D eigenvalue weighted by Crippen LogP contribution is 2.25. The number of methoxy groups -OCH3 is 1. The van der Waals surface area contributed by atoms with Gasteiger partial charge in [-0.05, 0) is 18.2 Å². The molecular weight excluding hydrogens is 368 g/mol. The second-order valence-electron chi connectivity index (χ2n) is 6.92. The van der Waals surface area contributed by atoms with Gasteiger partial charge in [0.15, 0.2) is 5.82 Å². The number of rotatable bonds is 6. The number of nitrogens with one attached hydrogen (secondary N) is 3. The van der Waals surface area contributed by atoms with Crippen molar-refractivity contribution in [1.29, 1.82) is 0 Å². The van der Waals surface area contributed by atoms with E-state index in [4.69, 9.17) is 10.5 Å². The highest BCUT2D eigenvalue weighted by molar-refractivity contribution is 5.62. The molecule has 3 heterocycles. The Hall–Kier alpha value is -3.46. The average Bonchev–Trinajstić information content (AvgIpc) is 2.75. The molecule has 2 aromatic heterocycles. The number of aromatic nitrogens is 4. The van der Waals surface area contributed by atoms with Crippen molar-refractivity contribution in [2.24, 2.45) is 0 Å². The minimum absolute atomic E-state index is 0.212. The van der Waals surface area contributed by atoms with Gasteiger partial charge in [-0.2, -0.15) is 15.0 Å². The molecule has 0 saturated carbocycles. The normalized spacial score (nSPS) is 14.6. The van der Waals surface area contributed by atoms with Crippen LogP contribution in [0.25, 0.3) is 0 Å². The molecule has 0 spiro atoms. The Bertz CT molecular complexity index is 944. The van der Waals surface area contributed by atoms with E-state index in [1.54, 1.807) is 7.11 Å². The number of aromatic amines is 1. The molecule has 9 heteroatoms. The van der Waals surface area contributed by atoms with Crippen molar-refractivity contribution >= 4 is 23.4 Å². The van der Waals surface area contributed by atoms with E-state index < -0.39 is 0 Å². The average molecular weight is 394 g/mol. The maximum atomic E-state index is 5.93. The molecule has 1 fully saturated rings. The van der Waals surface area contributed by atoms with Gasteiger partial charge in [0.05, 0.1) is 19.0 Å². The summed E-state index contributed by atoms with van der Waals surface area (Å²) in [5.74, 6) is 3.19. The number of H-pyrrole nitrogens is 1. The largest absolute Gasteiger partial charge is 0.495 e. The summed E-state index contributed by atoms with van der Waals surface area (Å²) in [5, 5.41) is 3.18. The monoisotopic (exact) mass is 394 g/mol. The zero-order valence-electron chi connectivity index (χ0n) is 16.4. The van der Waals surface area contributed by atoms with E-state index in [1.165, 1.54) is 4.90 Å². The van der Waals surface area contributed by atoms with Gasteiger partial charge < -0.3 is 20.7 Å². The van der Waals surface area contributed by atoms with Crippen molar-refractivity contribution in [1.82, 2.24) is 15.0 Å². The van der Waals surface area contributed by atoms with Gasteiger partial charge in [-0.3, -0.25) is 4.90 Å². The summed E-state index contributed by atoms with van der Waals surface area (Å²) in [5.41, 5.74) is 6.72. The summed E-state index contributed by atoms with van der Waals surface area (Å²) in [6.07, 6.45) is 1.96. The van der Waals surface area contributed by atoms with Crippen molar-refractivity contribution in [2.75, 3.05) is 49.2 Å². The van der Waals surface area contributed by atoms with Gasteiger partial charge in [-0.25, -0.2) is 4.98 Å². The molecule has 0 aliphatic carbocycles. The molecule has 4 rings (SSSR count). The SMILES string of the molecule is COc1ccccc1Nc1nc(N)nc(C[NH+]2CCN(c3cccc[nH+]3)CC2)n1. The lowest BCUT2D eigenvalue weighted by atomic mass is 10.3. The van der Waals surface area contributed by atoms with Crippen LogP contribution in [0.4, 0.5) is 23.4 Å². The Labute approximate surface area is 169 Å². The topological polar surface area (TPSA) is 108 Å². The van der Waals surface area contributed by atoms with Crippen LogP contribution in [0.15, 0.2) is 48.7 Å². The third-order valence-electron chi connectivity index (χ3n) is 4.96. The van der Waals surface area contributed by atoms with E-state index in [1.807, 2.05) is 36.5 Å². The minimum Gasteiger partial charge on any atom is -0.495 e. The molecule has 0 unspecified atom stereocenters. The van der Waals surface area contributed by atoms with Crippen LogP contribution in [-0.2, 0) is 6.54 Å². The Kier molecular flexibility index (Phi) is 5.66. The second kappa shape index (κ2) is 8.70. The van der Waals surface area contributed by atoms with Gasteiger partial charge in [-0.15, -0.1) is 0 Å². The Balaban J connectivity index is 1.41. The molecule has 29 heavy (non-hydrogen) atoms. The zero-order valence-corrected chi connectivity index (χ0v) is 16.4. The van der Waals surface area contributed by atoms with Crippen LogP contribution >= 0.6 is 0 Å². The van der Waals surface area contributed by atoms with Gasteiger partial charge in [0, 0.05) is 6.07 Å². The number of quaternary nitrogens is 1. The lowest BCUT2D eigenvalue weighted by Gasteiger charge is -2.27. The number of anilines is 4. The summed E-state index contributed by atoms with van der Waals surface area (Å²) in [6.45, 7) is 4.66. The smallest absolute Gasteiger partial charge is 0.274 e. The Morgan fingerprint density at radius 2 is 1.90 bits per heavy atom. The van der Waals surface area contributed by atoms with Gasteiger partial charge in [-0.1, -0.05) is 18.2 Å². The van der Waals surface area contributed by atoms with Gasteiger partial charge in [0.25, 0.3) is 5.82 Å². The summed E-state index contributed by atoms with van der Waals surface area (Å²) in [7, 11) is 1.63. The number of pyridine rings is 1.